The highest BCUT2D eigenvalue weighted by molar-refractivity contribution is 8.00. The van der Waals surface area contributed by atoms with Gasteiger partial charge in [-0.15, -0.1) is 11.3 Å². The van der Waals surface area contributed by atoms with Crippen LogP contribution in [0.3, 0.4) is 0 Å². The van der Waals surface area contributed by atoms with Gasteiger partial charge in [-0.3, -0.25) is 9.59 Å². The van der Waals surface area contributed by atoms with Crippen molar-refractivity contribution in [1.29, 1.82) is 0 Å². The van der Waals surface area contributed by atoms with Crippen LogP contribution < -0.4 is 10.6 Å². The Morgan fingerprint density at radius 3 is 2.45 bits per heavy atom. The molecule has 0 radical (unpaired) electrons. The van der Waals surface area contributed by atoms with Crippen LogP contribution in [0.4, 0.5) is 0 Å². The number of aromatic nitrogens is 1. The molecule has 2 amide bonds. The SMILES string of the molecule is CC(NC(=O)c1ccc(CSc2nc3ccccc3s2)cc1)C(=O)NC(C)(C)C. The van der Waals surface area contributed by atoms with E-state index in [4.69, 9.17) is 0 Å². The van der Waals surface area contributed by atoms with Gasteiger partial charge in [-0.1, -0.05) is 36.0 Å². The summed E-state index contributed by atoms with van der Waals surface area (Å²) in [6.45, 7) is 7.40. The normalized spacial score (nSPS) is 12.6. The minimum Gasteiger partial charge on any atom is -0.350 e. The van der Waals surface area contributed by atoms with Gasteiger partial charge in [-0.2, -0.15) is 0 Å². The van der Waals surface area contributed by atoms with Crippen LogP contribution >= 0.6 is 23.1 Å². The fourth-order valence-corrected chi connectivity index (χ4v) is 4.66. The first-order valence-electron chi connectivity index (χ1n) is 9.41. The van der Waals surface area contributed by atoms with Crippen molar-refractivity contribution in [1.82, 2.24) is 15.6 Å². The molecule has 3 rings (SSSR count). The van der Waals surface area contributed by atoms with Crippen molar-refractivity contribution >= 4 is 45.1 Å². The predicted molar refractivity (Wildman–Crippen MR) is 120 cm³/mol. The van der Waals surface area contributed by atoms with Crippen LogP contribution in [0.25, 0.3) is 10.2 Å². The fraction of sp³-hybridized carbons (Fsp3) is 0.318. The van der Waals surface area contributed by atoms with Crippen molar-refractivity contribution in [2.45, 2.75) is 49.4 Å². The van der Waals surface area contributed by atoms with Crippen molar-refractivity contribution in [2.24, 2.45) is 0 Å². The van der Waals surface area contributed by atoms with Crippen LogP contribution in [-0.2, 0) is 10.5 Å². The van der Waals surface area contributed by atoms with Gasteiger partial charge in [0.25, 0.3) is 5.91 Å². The largest absolute Gasteiger partial charge is 0.350 e. The van der Waals surface area contributed by atoms with Crippen LogP contribution in [0.5, 0.6) is 0 Å². The third kappa shape index (κ3) is 6.05. The second kappa shape index (κ2) is 8.97. The number of amides is 2. The number of rotatable bonds is 6. The molecule has 29 heavy (non-hydrogen) atoms. The third-order valence-electron chi connectivity index (χ3n) is 4.09. The Labute approximate surface area is 179 Å². The number of nitrogens with one attached hydrogen (secondary N) is 2. The third-order valence-corrected chi connectivity index (χ3v) is 6.34. The summed E-state index contributed by atoms with van der Waals surface area (Å²) >= 11 is 3.37. The summed E-state index contributed by atoms with van der Waals surface area (Å²) in [5, 5.41) is 5.61. The van der Waals surface area contributed by atoms with Gasteiger partial charge in [0, 0.05) is 16.9 Å². The van der Waals surface area contributed by atoms with Crippen LogP contribution in [0.2, 0.25) is 0 Å². The fourth-order valence-electron chi connectivity index (χ4n) is 2.63. The average molecular weight is 428 g/mol. The van der Waals surface area contributed by atoms with Crippen molar-refractivity contribution in [3.63, 3.8) is 0 Å². The van der Waals surface area contributed by atoms with Crippen LogP contribution in [-0.4, -0.2) is 28.4 Å². The Kier molecular flexibility index (Phi) is 6.59. The number of hydrogen-bond acceptors (Lipinski definition) is 5. The van der Waals surface area contributed by atoms with Crippen molar-refractivity contribution in [3.8, 4) is 0 Å². The summed E-state index contributed by atoms with van der Waals surface area (Å²) in [5.41, 5.74) is 2.34. The lowest BCUT2D eigenvalue weighted by Gasteiger charge is -2.23. The summed E-state index contributed by atoms with van der Waals surface area (Å²) in [6, 6.07) is 15.0. The van der Waals surface area contributed by atoms with E-state index in [9.17, 15) is 9.59 Å². The molecule has 2 aromatic carbocycles. The number of thioether (sulfide) groups is 1. The summed E-state index contributed by atoms with van der Waals surface area (Å²) in [4.78, 5) is 29.2. The highest BCUT2D eigenvalue weighted by Gasteiger charge is 2.21. The van der Waals surface area contributed by atoms with Gasteiger partial charge in [0.05, 0.1) is 10.2 Å². The molecule has 0 saturated heterocycles. The molecule has 3 aromatic rings. The van der Waals surface area contributed by atoms with E-state index in [1.54, 1.807) is 42.2 Å². The van der Waals surface area contributed by atoms with Crippen molar-refractivity contribution < 1.29 is 9.59 Å². The number of carbonyl (C=O) groups is 2. The van der Waals surface area contributed by atoms with E-state index < -0.39 is 6.04 Å². The lowest BCUT2D eigenvalue weighted by Crippen LogP contribution is -2.50. The van der Waals surface area contributed by atoms with Crippen molar-refractivity contribution in [2.75, 3.05) is 0 Å². The van der Waals surface area contributed by atoms with Gasteiger partial charge in [-0.25, -0.2) is 4.98 Å². The molecular formula is C22H25N3O2S2. The van der Waals surface area contributed by atoms with Gasteiger partial charge < -0.3 is 10.6 Å². The van der Waals surface area contributed by atoms with Gasteiger partial charge in [0.15, 0.2) is 4.34 Å². The molecule has 0 saturated carbocycles. The molecule has 1 heterocycles. The molecule has 0 spiro atoms. The van der Waals surface area contributed by atoms with Gasteiger partial charge >= 0.3 is 0 Å². The van der Waals surface area contributed by atoms with E-state index in [-0.39, 0.29) is 17.4 Å². The number of para-hydroxylation sites is 1. The Hall–Kier alpha value is -2.38. The minimum absolute atomic E-state index is 0.199. The van der Waals surface area contributed by atoms with E-state index >= 15 is 0 Å². The van der Waals surface area contributed by atoms with E-state index in [1.165, 1.54) is 4.70 Å². The van der Waals surface area contributed by atoms with E-state index in [1.807, 2.05) is 51.1 Å². The van der Waals surface area contributed by atoms with Gasteiger partial charge in [0.1, 0.15) is 6.04 Å². The highest BCUT2D eigenvalue weighted by atomic mass is 32.2. The Balaban J connectivity index is 1.55. The number of fused-ring (bicyclic) bond motifs is 1. The maximum absolute atomic E-state index is 12.4. The maximum Gasteiger partial charge on any atom is 0.251 e. The lowest BCUT2D eigenvalue weighted by molar-refractivity contribution is -0.124. The van der Waals surface area contributed by atoms with Crippen LogP contribution in [0.15, 0.2) is 52.9 Å². The molecule has 7 heteroatoms. The summed E-state index contributed by atoms with van der Waals surface area (Å²) in [5.74, 6) is 0.327. The minimum atomic E-state index is -0.601. The average Bonchev–Trinajstić information content (AvgIpc) is 3.08. The number of hydrogen-bond donors (Lipinski definition) is 2. The van der Waals surface area contributed by atoms with Crippen molar-refractivity contribution in [3.05, 3.63) is 59.7 Å². The number of thiazole rings is 1. The summed E-state index contributed by atoms with van der Waals surface area (Å²) in [6.07, 6.45) is 0. The first-order chi connectivity index (χ1) is 13.7. The predicted octanol–water partition coefficient (Wildman–Crippen LogP) is 4.62. The zero-order chi connectivity index (χ0) is 21.0. The smallest absolute Gasteiger partial charge is 0.251 e. The topological polar surface area (TPSA) is 71.1 Å². The zero-order valence-corrected chi connectivity index (χ0v) is 18.6. The molecule has 2 N–H and O–H groups in total. The van der Waals surface area contributed by atoms with E-state index in [2.05, 4.69) is 21.7 Å². The molecule has 0 aliphatic heterocycles. The highest BCUT2D eigenvalue weighted by Crippen LogP contribution is 2.31. The molecule has 0 fully saturated rings. The molecule has 1 atom stereocenters. The maximum atomic E-state index is 12.4. The number of benzene rings is 2. The Morgan fingerprint density at radius 2 is 1.79 bits per heavy atom. The summed E-state index contributed by atoms with van der Waals surface area (Å²) in [7, 11) is 0. The first-order valence-corrected chi connectivity index (χ1v) is 11.2. The lowest BCUT2D eigenvalue weighted by atomic mass is 10.1. The molecule has 152 valence electrons. The standard InChI is InChI=1S/C22H25N3O2S2/c1-14(19(26)25-22(2,3)4)23-20(27)16-11-9-15(10-12-16)13-28-21-24-17-7-5-6-8-18(17)29-21/h5-12,14H,13H2,1-4H3,(H,23,27)(H,25,26). The van der Waals surface area contributed by atoms with Crippen LogP contribution in [0.1, 0.15) is 43.6 Å². The molecule has 0 aliphatic carbocycles. The van der Waals surface area contributed by atoms with Gasteiger partial charge in [0.2, 0.25) is 5.91 Å². The second-order valence-corrected chi connectivity index (χ2v) is 10.1. The molecule has 5 nitrogen and oxygen atoms in total. The monoisotopic (exact) mass is 427 g/mol. The van der Waals surface area contributed by atoms with Gasteiger partial charge in [-0.05, 0) is 57.5 Å². The van der Waals surface area contributed by atoms with Crippen LogP contribution in [0, 0.1) is 0 Å². The zero-order valence-electron chi connectivity index (χ0n) is 17.0. The Morgan fingerprint density at radius 1 is 1.10 bits per heavy atom. The number of carbonyl (C=O) groups excluding carboxylic acids is 2. The van der Waals surface area contributed by atoms with E-state index in [0.717, 1.165) is 21.2 Å². The number of nitrogens with zero attached hydrogens (tertiary/aromatic N) is 1. The molecule has 1 aromatic heterocycles. The Bertz CT molecular complexity index is 974. The second-order valence-electron chi connectivity index (χ2n) is 7.87. The molecule has 0 bridgehead atoms. The first kappa shape index (κ1) is 21.3. The molecular weight excluding hydrogens is 402 g/mol. The molecule has 1 unspecified atom stereocenters. The van der Waals surface area contributed by atoms with E-state index in [0.29, 0.717) is 5.56 Å². The molecule has 0 aliphatic rings. The quantitative estimate of drug-likeness (QED) is 0.563. The summed E-state index contributed by atoms with van der Waals surface area (Å²) < 4.78 is 2.22.